The average molecular weight is 211 g/mol. The molecule has 15 heavy (non-hydrogen) atoms. The number of hydrogen-bond acceptors (Lipinski definition) is 2. The molecule has 0 aliphatic rings. The van der Waals surface area contributed by atoms with E-state index < -0.39 is 23.7 Å². The summed E-state index contributed by atoms with van der Waals surface area (Å²) in [6.45, 7) is 1.33. The first kappa shape index (κ1) is 11.2. The molecule has 1 amide bonds. The summed E-state index contributed by atoms with van der Waals surface area (Å²) in [5, 5.41) is 10.8. The topological polar surface area (TPSA) is 66.4 Å². The van der Waals surface area contributed by atoms with Crippen molar-refractivity contribution in [2.75, 3.05) is 0 Å². The van der Waals surface area contributed by atoms with Crippen molar-refractivity contribution < 1.29 is 19.1 Å². The molecule has 0 heterocycles. The average Bonchev–Trinajstić information content (AvgIpc) is 2.17. The van der Waals surface area contributed by atoms with E-state index in [0.29, 0.717) is 0 Å². The van der Waals surface area contributed by atoms with Crippen LogP contribution in [0, 0.1) is 5.82 Å². The van der Waals surface area contributed by atoms with Gasteiger partial charge in [0, 0.05) is 5.56 Å². The number of carbonyl (C=O) groups excluding carboxylic acids is 1. The van der Waals surface area contributed by atoms with Gasteiger partial charge in [0.2, 0.25) is 0 Å². The number of benzene rings is 1. The Bertz CT molecular complexity index is 392. The molecule has 0 unspecified atom stereocenters. The Kier molecular flexibility index (Phi) is 3.38. The Morgan fingerprint density at radius 2 is 2.13 bits per heavy atom. The second-order valence-corrected chi connectivity index (χ2v) is 3.04. The molecule has 4 nitrogen and oxygen atoms in total. The summed E-state index contributed by atoms with van der Waals surface area (Å²) in [5.41, 5.74) is 0.100. The van der Waals surface area contributed by atoms with E-state index in [9.17, 15) is 14.0 Å². The largest absolute Gasteiger partial charge is 0.480 e. The molecule has 1 atom stereocenters. The van der Waals surface area contributed by atoms with Crippen molar-refractivity contribution in [1.82, 2.24) is 5.32 Å². The second-order valence-electron chi connectivity index (χ2n) is 3.04. The van der Waals surface area contributed by atoms with Gasteiger partial charge in [0.1, 0.15) is 11.9 Å². The smallest absolute Gasteiger partial charge is 0.325 e. The van der Waals surface area contributed by atoms with Gasteiger partial charge < -0.3 is 10.4 Å². The van der Waals surface area contributed by atoms with Crippen molar-refractivity contribution in [2.24, 2.45) is 0 Å². The van der Waals surface area contributed by atoms with E-state index in [-0.39, 0.29) is 5.56 Å². The first-order chi connectivity index (χ1) is 7.00. The van der Waals surface area contributed by atoms with Crippen LogP contribution in [0.3, 0.4) is 0 Å². The molecular weight excluding hydrogens is 201 g/mol. The van der Waals surface area contributed by atoms with Crippen LogP contribution in [0.15, 0.2) is 24.3 Å². The van der Waals surface area contributed by atoms with Crippen molar-refractivity contribution in [2.45, 2.75) is 13.0 Å². The highest BCUT2D eigenvalue weighted by Crippen LogP contribution is 2.03. The van der Waals surface area contributed by atoms with Crippen LogP contribution in [-0.2, 0) is 4.79 Å². The number of carboxylic acid groups (broad SMARTS) is 1. The Morgan fingerprint density at radius 1 is 1.47 bits per heavy atom. The molecule has 0 saturated heterocycles. The number of hydrogen-bond donors (Lipinski definition) is 2. The normalized spacial score (nSPS) is 11.9. The number of halogens is 1. The SMILES string of the molecule is C[C@H](NC(=O)c1cccc(F)c1)C(=O)O. The summed E-state index contributed by atoms with van der Waals surface area (Å²) >= 11 is 0. The molecule has 0 fully saturated rings. The number of nitrogens with one attached hydrogen (secondary N) is 1. The first-order valence-corrected chi connectivity index (χ1v) is 4.30. The van der Waals surface area contributed by atoms with Crippen LogP contribution in [0.1, 0.15) is 17.3 Å². The predicted octanol–water partition coefficient (Wildman–Crippen LogP) is 1.03. The van der Waals surface area contributed by atoms with Gasteiger partial charge in [0.25, 0.3) is 5.91 Å². The van der Waals surface area contributed by atoms with Crippen LogP contribution in [-0.4, -0.2) is 23.0 Å². The molecule has 0 radical (unpaired) electrons. The highest BCUT2D eigenvalue weighted by atomic mass is 19.1. The molecule has 0 aliphatic heterocycles. The van der Waals surface area contributed by atoms with Gasteiger partial charge in [-0.3, -0.25) is 9.59 Å². The Hall–Kier alpha value is -1.91. The molecule has 1 rings (SSSR count). The van der Waals surface area contributed by atoms with Crippen LogP contribution < -0.4 is 5.32 Å². The van der Waals surface area contributed by atoms with E-state index in [0.717, 1.165) is 6.07 Å². The fraction of sp³-hybridized carbons (Fsp3) is 0.200. The van der Waals surface area contributed by atoms with Gasteiger partial charge >= 0.3 is 5.97 Å². The minimum atomic E-state index is -1.14. The van der Waals surface area contributed by atoms with Gasteiger partial charge in [-0.1, -0.05) is 6.07 Å². The summed E-state index contributed by atoms with van der Waals surface area (Å²) in [7, 11) is 0. The van der Waals surface area contributed by atoms with Crippen LogP contribution in [0.2, 0.25) is 0 Å². The Morgan fingerprint density at radius 3 is 2.67 bits per heavy atom. The third kappa shape index (κ3) is 3.05. The van der Waals surface area contributed by atoms with Gasteiger partial charge in [-0.05, 0) is 25.1 Å². The highest BCUT2D eigenvalue weighted by Gasteiger charge is 2.15. The fourth-order valence-corrected chi connectivity index (χ4v) is 0.971. The van der Waals surface area contributed by atoms with E-state index >= 15 is 0 Å². The predicted molar refractivity (Wildman–Crippen MR) is 51.0 cm³/mol. The quantitative estimate of drug-likeness (QED) is 0.784. The molecule has 80 valence electrons. The lowest BCUT2D eigenvalue weighted by Crippen LogP contribution is -2.38. The molecule has 0 saturated carbocycles. The van der Waals surface area contributed by atoms with E-state index in [1.165, 1.54) is 25.1 Å². The monoisotopic (exact) mass is 211 g/mol. The lowest BCUT2D eigenvalue weighted by molar-refractivity contribution is -0.138. The zero-order chi connectivity index (χ0) is 11.4. The van der Waals surface area contributed by atoms with E-state index in [2.05, 4.69) is 5.32 Å². The minimum Gasteiger partial charge on any atom is -0.480 e. The lowest BCUT2D eigenvalue weighted by Gasteiger charge is -2.08. The maximum atomic E-state index is 12.7. The van der Waals surface area contributed by atoms with Gasteiger partial charge in [0.05, 0.1) is 0 Å². The number of carbonyl (C=O) groups is 2. The third-order valence-corrected chi connectivity index (χ3v) is 1.80. The van der Waals surface area contributed by atoms with Crippen molar-refractivity contribution in [3.05, 3.63) is 35.6 Å². The fourth-order valence-electron chi connectivity index (χ4n) is 0.971. The minimum absolute atomic E-state index is 0.100. The third-order valence-electron chi connectivity index (χ3n) is 1.80. The summed E-state index contributed by atoms with van der Waals surface area (Å²) in [5.74, 6) is -2.28. The van der Waals surface area contributed by atoms with Crippen LogP contribution in [0.25, 0.3) is 0 Å². The zero-order valence-electron chi connectivity index (χ0n) is 8.03. The van der Waals surface area contributed by atoms with Crippen molar-refractivity contribution >= 4 is 11.9 Å². The molecule has 0 spiro atoms. The van der Waals surface area contributed by atoms with Crippen LogP contribution >= 0.6 is 0 Å². The summed E-state index contributed by atoms with van der Waals surface area (Å²) < 4.78 is 12.7. The maximum absolute atomic E-state index is 12.7. The summed E-state index contributed by atoms with van der Waals surface area (Å²) in [6, 6.07) is 4.05. The molecule has 0 aromatic heterocycles. The van der Waals surface area contributed by atoms with Crippen LogP contribution in [0.4, 0.5) is 4.39 Å². The van der Waals surface area contributed by atoms with Gasteiger partial charge in [0.15, 0.2) is 0 Å². The molecule has 2 N–H and O–H groups in total. The van der Waals surface area contributed by atoms with Crippen molar-refractivity contribution in [3.8, 4) is 0 Å². The summed E-state index contributed by atoms with van der Waals surface area (Å²) in [4.78, 5) is 21.8. The van der Waals surface area contributed by atoms with E-state index in [4.69, 9.17) is 5.11 Å². The first-order valence-electron chi connectivity index (χ1n) is 4.30. The molecule has 1 aromatic carbocycles. The number of amides is 1. The van der Waals surface area contributed by atoms with Gasteiger partial charge in [-0.15, -0.1) is 0 Å². The zero-order valence-corrected chi connectivity index (χ0v) is 8.03. The number of carboxylic acids is 1. The van der Waals surface area contributed by atoms with E-state index in [1.807, 2.05) is 0 Å². The molecule has 0 aliphatic carbocycles. The standard InChI is InChI=1S/C10H10FNO3/c1-6(10(14)15)12-9(13)7-3-2-4-8(11)5-7/h2-6H,1H3,(H,12,13)(H,14,15)/t6-/m0/s1. The number of rotatable bonds is 3. The number of aliphatic carboxylic acids is 1. The van der Waals surface area contributed by atoms with E-state index in [1.54, 1.807) is 0 Å². The molecule has 0 bridgehead atoms. The van der Waals surface area contributed by atoms with Crippen molar-refractivity contribution in [3.63, 3.8) is 0 Å². The van der Waals surface area contributed by atoms with Crippen molar-refractivity contribution in [1.29, 1.82) is 0 Å². The highest BCUT2D eigenvalue weighted by molar-refractivity contribution is 5.96. The van der Waals surface area contributed by atoms with Gasteiger partial charge in [-0.2, -0.15) is 0 Å². The van der Waals surface area contributed by atoms with Crippen LogP contribution in [0.5, 0.6) is 0 Å². The second kappa shape index (κ2) is 4.54. The maximum Gasteiger partial charge on any atom is 0.325 e. The van der Waals surface area contributed by atoms with Gasteiger partial charge in [-0.25, -0.2) is 4.39 Å². The molecule has 5 heteroatoms. The Balaban J connectivity index is 2.73. The molecular formula is C10H10FNO3. The summed E-state index contributed by atoms with van der Waals surface area (Å²) in [6.07, 6.45) is 0. The molecule has 1 aromatic rings. The Labute approximate surface area is 85.7 Å². The lowest BCUT2D eigenvalue weighted by atomic mass is 10.2.